The third kappa shape index (κ3) is 2.61. The molecule has 3 rings (SSSR count). The van der Waals surface area contributed by atoms with Gasteiger partial charge in [0, 0.05) is 12.1 Å². The van der Waals surface area contributed by atoms with E-state index < -0.39 is 0 Å². The first kappa shape index (κ1) is 13.7. The second-order valence-corrected chi connectivity index (χ2v) is 6.96. The van der Waals surface area contributed by atoms with Crippen LogP contribution in [0, 0.1) is 38.5 Å². The monoisotopic (exact) mass is 271 g/mol. The van der Waals surface area contributed by atoms with Gasteiger partial charge in [0.05, 0.1) is 0 Å². The SMILES string of the molecule is Cc1cc(C)c(NC(=O)CC2CC3CCC2C3)c(C)c1. The third-order valence-electron chi connectivity index (χ3n) is 5.27. The van der Waals surface area contributed by atoms with Crippen LogP contribution in [0.4, 0.5) is 5.69 Å². The molecule has 0 heterocycles. The molecule has 1 aromatic rings. The van der Waals surface area contributed by atoms with E-state index >= 15 is 0 Å². The molecular formula is C18H25NO. The third-order valence-corrected chi connectivity index (χ3v) is 5.27. The van der Waals surface area contributed by atoms with Crippen LogP contribution < -0.4 is 5.32 Å². The van der Waals surface area contributed by atoms with Gasteiger partial charge in [0.15, 0.2) is 0 Å². The van der Waals surface area contributed by atoms with Gasteiger partial charge in [-0.2, -0.15) is 0 Å². The average molecular weight is 271 g/mol. The minimum Gasteiger partial charge on any atom is -0.326 e. The largest absolute Gasteiger partial charge is 0.326 e. The summed E-state index contributed by atoms with van der Waals surface area (Å²) in [5.41, 5.74) is 4.61. The fourth-order valence-corrected chi connectivity index (χ4v) is 4.43. The lowest BCUT2D eigenvalue weighted by atomic mass is 9.86. The number of hydrogen-bond acceptors (Lipinski definition) is 1. The summed E-state index contributed by atoms with van der Waals surface area (Å²) < 4.78 is 0. The van der Waals surface area contributed by atoms with E-state index in [0.29, 0.717) is 12.3 Å². The van der Waals surface area contributed by atoms with Gasteiger partial charge in [-0.1, -0.05) is 24.1 Å². The highest BCUT2D eigenvalue weighted by Gasteiger charge is 2.40. The summed E-state index contributed by atoms with van der Waals surface area (Å²) in [5, 5.41) is 3.15. The maximum atomic E-state index is 12.3. The molecule has 3 unspecified atom stereocenters. The number of aryl methyl sites for hydroxylation is 3. The predicted molar refractivity (Wildman–Crippen MR) is 82.8 cm³/mol. The van der Waals surface area contributed by atoms with Crippen LogP contribution in [-0.2, 0) is 4.79 Å². The Morgan fingerprint density at radius 3 is 2.40 bits per heavy atom. The van der Waals surface area contributed by atoms with Crippen molar-refractivity contribution in [3.8, 4) is 0 Å². The number of benzene rings is 1. The molecular weight excluding hydrogens is 246 g/mol. The molecule has 1 aromatic carbocycles. The first-order chi connectivity index (χ1) is 9.52. The van der Waals surface area contributed by atoms with Crippen LogP contribution in [0.2, 0.25) is 0 Å². The van der Waals surface area contributed by atoms with Crippen molar-refractivity contribution in [2.24, 2.45) is 17.8 Å². The van der Waals surface area contributed by atoms with Crippen molar-refractivity contribution in [1.29, 1.82) is 0 Å². The zero-order valence-electron chi connectivity index (χ0n) is 12.8. The van der Waals surface area contributed by atoms with Crippen LogP contribution in [0.15, 0.2) is 12.1 Å². The molecule has 2 fully saturated rings. The topological polar surface area (TPSA) is 29.1 Å². The molecule has 0 aromatic heterocycles. The van der Waals surface area contributed by atoms with Crippen molar-refractivity contribution < 1.29 is 4.79 Å². The number of nitrogens with one attached hydrogen (secondary N) is 1. The molecule has 1 N–H and O–H groups in total. The van der Waals surface area contributed by atoms with E-state index in [1.807, 2.05) is 0 Å². The Hall–Kier alpha value is -1.31. The Labute approximate surface area is 122 Å². The molecule has 1 amide bonds. The highest BCUT2D eigenvalue weighted by Crippen LogP contribution is 2.49. The number of hydrogen-bond donors (Lipinski definition) is 1. The minimum absolute atomic E-state index is 0.206. The zero-order valence-corrected chi connectivity index (χ0v) is 12.8. The van der Waals surface area contributed by atoms with Crippen molar-refractivity contribution in [2.75, 3.05) is 5.32 Å². The van der Waals surface area contributed by atoms with E-state index in [4.69, 9.17) is 0 Å². The van der Waals surface area contributed by atoms with Gasteiger partial charge in [-0.15, -0.1) is 0 Å². The molecule has 2 aliphatic carbocycles. The lowest BCUT2D eigenvalue weighted by molar-refractivity contribution is -0.117. The van der Waals surface area contributed by atoms with Crippen molar-refractivity contribution in [3.63, 3.8) is 0 Å². The zero-order chi connectivity index (χ0) is 14.3. The number of anilines is 1. The van der Waals surface area contributed by atoms with Crippen LogP contribution >= 0.6 is 0 Å². The Kier molecular flexibility index (Phi) is 3.57. The van der Waals surface area contributed by atoms with E-state index in [9.17, 15) is 4.79 Å². The molecule has 0 saturated heterocycles. The molecule has 2 aliphatic rings. The lowest BCUT2D eigenvalue weighted by Crippen LogP contribution is -2.21. The van der Waals surface area contributed by atoms with E-state index in [0.717, 1.165) is 17.5 Å². The summed E-state index contributed by atoms with van der Waals surface area (Å²) in [4.78, 5) is 12.3. The van der Waals surface area contributed by atoms with Gasteiger partial charge < -0.3 is 5.32 Å². The summed E-state index contributed by atoms with van der Waals surface area (Å²) in [6, 6.07) is 4.28. The van der Waals surface area contributed by atoms with Crippen LogP contribution in [0.3, 0.4) is 0 Å². The van der Waals surface area contributed by atoms with Gasteiger partial charge in [0.1, 0.15) is 0 Å². The molecule has 0 radical (unpaired) electrons. The van der Waals surface area contributed by atoms with Crippen molar-refractivity contribution in [3.05, 3.63) is 28.8 Å². The summed E-state index contributed by atoms with van der Waals surface area (Å²) in [6.45, 7) is 6.25. The summed E-state index contributed by atoms with van der Waals surface area (Å²) in [5.74, 6) is 2.59. The van der Waals surface area contributed by atoms with Gasteiger partial charge in [0.25, 0.3) is 0 Å². The van der Waals surface area contributed by atoms with E-state index in [1.54, 1.807) is 0 Å². The fraction of sp³-hybridized carbons (Fsp3) is 0.611. The predicted octanol–water partition coefficient (Wildman–Crippen LogP) is 4.38. The smallest absolute Gasteiger partial charge is 0.224 e. The Morgan fingerprint density at radius 1 is 1.15 bits per heavy atom. The van der Waals surface area contributed by atoms with Gasteiger partial charge >= 0.3 is 0 Å². The quantitative estimate of drug-likeness (QED) is 0.868. The van der Waals surface area contributed by atoms with Crippen molar-refractivity contribution >= 4 is 11.6 Å². The molecule has 108 valence electrons. The highest BCUT2D eigenvalue weighted by molar-refractivity contribution is 5.92. The van der Waals surface area contributed by atoms with Crippen LogP contribution in [-0.4, -0.2) is 5.91 Å². The fourth-order valence-electron chi connectivity index (χ4n) is 4.43. The van der Waals surface area contributed by atoms with Crippen LogP contribution in [0.1, 0.15) is 48.8 Å². The molecule has 0 spiro atoms. The normalized spacial score (nSPS) is 27.9. The van der Waals surface area contributed by atoms with Gasteiger partial charge in [-0.05, 0) is 68.9 Å². The van der Waals surface area contributed by atoms with Crippen LogP contribution in [0.5, 0.6) is 0 Å². The van der Waals surface area contributed by atoms with Crippen LogP contribution in [0.25, 0.3) is 0 Å². The molecule has 2 bridgehead atoms. The molecule has 2 heteroatoms. The van der Waals surface area contributed by atoms with E-state index in [-0.39, 0.29) is 5.91 Å². The van der Waals surface area contributed by atoms with Crippen molar-refractivity contribution in [1.82, 2.24) is 0 Å². The lowest BCUT2D eigenvalue weighted by Gasteiger charge is -2.21. The Bertz CT molecular complexity index is 511. The van der Waals surface area contributed by atoms with Gasteiger partial charge in [-0.25, -0.2) is 0 Å². The number of amides is 1. The maximum absolute atomic E-state index is 12.3. The standard InChI is InChI=1S/C18H25NO/c1-11-6-12(2)18(13(3)7-11)19-17(20)10-16-9-14-4-5-15(16)8-14/h6-7,14-16H,4-5,8-10H2,1-3H3,(H,19,20). The van der Waals surface area contributed by atoms with Crippen molar-refractivity contribution in [2.45, 2.75) is 52.9 Å². The van der Waals surface area contributed by atoms with Gasteiger partial charge in [-0.3, -0.25) is 4.79 Å². The summed E-state index contributed by atoms with van der Waals surface area (Å²) in [7, 11) is 0. The Morgan fingerprint density at radius 2 is 1.85 bits per heavy atom. The molecule has 20 heavy (non-hydrogen) atoms. The van der Waals surface area contributed by atoms with Gasteiger partial charge in [0.2, 0.25) is 5.91 Å². The molecule has 3 atom stereocenters. The number of carbonyl (C=O) groups is 1. The number of rotatable bonds is 3. The summed E-state index contributed by atoms with van der Waals surface area (Å²) >= 11 is 0. The minimum atomic E-state index is 0.206. The average Bonchev–Trinajstić information content (AvgIpc) is 2.95. The second kappa shape index (κ2) is 5.23. The molecule has 2 saturated carbocycles. The number of fused-ring (bicyclic) bond motifs is 2. The first-order valence-electron chi connectivity index (χ1n) is 7.90. The molecule has 2 nitrogen and oxygen atoms in total. The van der Waals surface area contributed by atoms with E-state index in [2.05, 4.69) is 38.2 Å². The van der Waals surface area contributed by atoms with E-state index in [1.165, 1.54) is 42.4 Å². The Balaban J connectivity index is 1.65. The maximum Gasteiger partial charge on any atom is 0.224 e. The number of carbonyl (C=O) groups excluding carboxylic acids is 1. The summed E-state index contributed by atoms with van der Waals surface area (Å²) in [6.07, 6.45) is 6.13. The molecule has 0 aliphatic heterocycles. The highest BCUT2D eigenvalue weighted by atomic mass is 16.1. The second-order valence-electron chi connectivity index (χ2n) is 6.96. The first-order valence-corrected chi connectivity index (χ1v) is 7.90.